The molecule has 0 aliphatic heterocycles. The molecule has 130 valence electrons. The summed E-state index contributed by atoms with van der Waals surface area (Å²) in [5.41, 5.74) is 3.93. The molecular formula is C22H16N4O. The minimum Gasteiger partial charge on any atom is -0.439 e. The highest BCUT2D eigenvalue weighted by atomic mass is 16.5. The Labute approximate surface area is 155 Å². The minimum atomic E-state index is 0.503. The van der Waals surface area contributed by atoms with Gasteiger partial charge in [-0.1, -0.05) is 12.1 Å². The maximum absolute atomic E-state index is 5.94. The Kier molecular flexibility index (Phi) is 3.57. The third kappa shape index (κ3) is 2.89. The van der Waals surface area contributed by atoms with Gasteiger partial charge in [-0.15, -0.1) is 0 Å². The number of fused-ring (bicyclic) bond motifs is 2. The molecule has 0 aliphatic rings. The molecule has 5 rings (SSSR count). The third-order valence-electron chi connectivity index (χ3n) is 4.62. The molecule has 0 spiro atoms. The molecule has 0 bridgehead atoms. The maximum atomic E-state index is 5.94. The Bertz CT molecular complexity index is 1280. The Morgan fingerprint density at radius 2 is 1.81 bits per heavy atom. The van der Waals surface area contributed by atoms with Gasteiger partial charge in [-0.25, -0.2) is 9.97 Å². The summed E-state index contributed by atoms with van der Waals surface area (Å²) in [5, 5.41) is 2.25. The number of rotatable bonds is 3. The highest BCUT2D eigenvalue weighted by Crippen LogP contribution is 2.28. The zero-order valence-electron chi connectivity index (χ0n) is 14.7. The average molecular weight is 352 g/mol. The zero-order chi connectivity index (χ0) is 18.2. The molecule has 5 nitrogen and oxygen atoms in total. The molecule has 0 N–H and O–H groups in total. The van der Waals surface area contributed by atoms with Gasteiger partial charge in [0.05, 0.1) is 11.2 Å². The Morgan fingerprint density at radius 3 is 2.78 bits per heavy atom. The fraction of sp³-hybridized carbons (Fsp3) is 0.0455. The first-order valence-corrected chi connectivity index (χ1v) is 8.66. The molecule has 0 fully saturated rings. The maximum Gasteiger partial charge on any atom is 0.222 e. The van der Waals surface area contributed by atoms with Crippen LogP contribution in [0.25, 0.3) is 33.1 Å². The number of hydrogen-bond donors (Lipinski definition) is 0. The van der Waals surface area contributed by atoms with Crippen LogP contribution in [-0.2, 0) is 7.05 Å². The van der Waals surface area contributed by atoms with E-state index in [1.807, 2.05) is 43.4 Å². The fourth-order valence-corrected chi connectivity index (χ4v) is 3.22. The van der Waals surface area contributed by atoms with Crippen LogP contribution in [0, 0.1) is 0 Å². The summed E-state index contributed by atoms with van der Waals surface area (Å²) in [6, 6.07) is 20.0. The first-order chi connectivity index (χ1) is 13.3. The van der Waals surface area contributed by atoms with Crippen LogP contribution in [0.2, 0.25) is 0 Å². The summed E-state index contributed by atoms with van der Waals surface area (Å²) in [4.78, 5) is 13.0. The topological polar surface area (TPSA) is 52.8 Å². The van der Waals surface area contributed by atoms with Gasteiger partial charge >= 0.3 is 0 Å². The lowest BCUT2D eigenvalue weighted by atomic mass is 10.1. The largest absolute Gasteiger partial charge is 0.439 e. The molecule has 0 atom stereocenters. The van der Waals surface area contributed by atoms with Crippen LogP contribution in [0.1, 0.15) is 0 Å². The molecule has 5 aromatic rings. The number of nitrogens with zero attached hydrogens (tertiary/aromatic N) is 4. The van der Waals surface area contributed by atoms with Gasteiger partial charge in [0.15, 0.2) is 0 Å². The van der Waals surface area contributed by atoms with E-state index >= 15 is 0 Å². The van der Waals surface area contributed by atoms with E-state index in [0.717, 1.165) is 22.2 Å². The molecular weight excluding hydrogens is 336 g/mol. The van der Waals surface area contributed by atoms with Crippen molar-refractivity contribution in [2.45, 2.75) is 0 Å². The van der Waals surface area contributed by atoms with Crippen molar-refractivity contribution < 1.29 is 4.74 Å². The van der Waals surface area contributed by atoms with Crippen LogP contribution in [0.4, 0.5) is 0 Å². The lowest BCUT2D eigenvalue weighted by Gasteiger charge is -2.07. The van der Waals surface area contributed by atoms with Crippen molar-refractivity contribution in [1.82, 2.24) is 19.5 Å². The lowest BCUT2D eigenvalue weighted by Crippen LogP contribution is -1.92. The summed E-state index contributed by atoms with van der Waals surface area (Å²) in [6.07, 6.45) is 5.35. The van der Waals surface area contributed by atoms with Crippen molar-refractivity contribution in [3.05, 3.63) is 79.4 Å². The van der Waals surface area contributed by atoms with Crippen molar-refractivity contribution in [2.75, 3.05) is 0 Å². The normalized spacial score (nSPS) is 11.1. The second kappa shape index (κ2) is 6.21. The van der Waals surface area contributed by atoms with E-state index in [9.17, 15) is 0 Å². The molecule has 0 unspecified atom stereocenters. The van der Waals surface area contributed by atoms with Crippen molar-refractivity contribution >= 4 is 21.8 Å². The number of aromatic nitrogens is 4. The second-order valence-electron chi connectivity index (χ2n) is 6.40. The van der Waals surface area contributed by atoms with Crippen molar-refractivity contribution in [3.63, 3.8) is 0 Å². The molecule has 0 saturated carbocycles. The zero-order valence-corrected chi connectivity index (χ0v) is 14.7. The number of ether oxygens (including phenoxy) is 1. The van der Waals surface area contributed by atoms with Crippen molar-refractivity contribution in [1.29, 1.82) is 0 Å². The number of pyridine rings is 1. The van der Waals surface area contributed by atoms with Gasteiger partial charge in [0.25, 0.3) is 0 Å². The molecule has 0 saturated heterocycles. The summed E-state index contributed by atoms with van der Waals surface area (Å²) in [5.74, 6) is 1.20. The highest BCUT2D eigenvalue weighted by molar-refractivity contribution is 5.85. The standard InChI is InChI=1S/C22H16N4O/c1-26-10-8-17-11-16(5-7-21(17)26)20-13-22(25-14-24-20)27-18-6-4-15-3-2-9-23-19(15)12-18/h2-14H,1H3. The average Bonchev–Trinajstić information content (AvgIpc) is 3.08. The monoisotopic (exact) mass is 352 g/mol. The van der Waals surface area contributed by atoms with Gasteiger partial charge in [-0.05, 0) is 36.4 Å². The molecule has 3 heterocycles. The van der Waals surface area contributed by atoms with Gasteiger partial charge in [-0.3, -0.25) is 4.98 Å². The van der Waals surface area contributed by atoms with Crippen molar-refractivity contribution in [3.8, 4) is 22.9 Å². The predicted octanol–water partition coefficient (Wildman–Crippen LogP) is 4.98. The summed E-state index contributed by atoms with van der Waals surface area (Å²) < 4.78 is 8.04. The summed E-state index contributed by atoms with van der Waals surface area (Å²) in [6.45, 7) is 0. The van der Waals surface area contributed by atoms with Gasteiger partial charge in [0, 0.05) is 53.4 Å². The summed E-state index contributed by atoms with van der Waals surface area (Å²) in [7, 11) is 2.04. The molecule has 0 amide bonds. The van der Waals surface area contributed by atoms with E-state index in [-0.39, 0.29) is 0 Å². The summed E-state index contributed by atoms with van der Waals surface area (Å²) >= 11 is 0. The third-order valence-corrected chi connectivity index (χ3v) is 4.62. The van der Waals surface area contributed by atoms with Gasteiger partial charge in [0.1, 0.15) is 12.1 Å². The van der Waals surface area contributed by atoms with E-state index in [1.165, 1.54) is 17.2 Å². The first-order valence-electron chi connectivity index (χ1n) is 8.66. The fourth-order valence-electron chi connectivity index (χ4n) is 3.22. The number of benzene rings is 2. The second-order valence-corrected chi connectivity index (χ2v) is 6.40. The molecule has 5 heteroatoms. The predicted molar refractivity (Wildman–Crippen MR) is 106 cm³/mol. The van der Waals surface area contributed by atoms with Gasteiger partial charge in [-0.2, -0.15) is 0 Å². The number of aryl methyl sites for hydroxylation is 1. The van der Waals surface area contributed by atoms with E-state index < -0.39 is 0 Å². The van der Waals surface area contributed by atoms with Crippen LogP contribution >= 0.6 is 0 Å². The smallest absolute Gasteiger partial charge is 0.222 e. The van der Waals surface area contributed by atoms with Gasteiger partial charge < -0.3 is 9.30 Å². The van der Waals surface area contributed by atoms with E-state index in [1.54, 1.807) is 6.20 Å². The molecule has 2 aromatic carbocycles. The van der Waals surface area contributed by atoms with Crippen LogP contribution in [-0.4, -0.2) is 19.5 Å². The number of hydrogen-bond acceptors (Lipinski definition) is 4. The first kappa shape index (κ1) is 15.5. The highest BCUT2D eigenvalue weighted by Gasteiger charge is 2.07. The molecule has 0 aliphatic carbocycles. The molecule has 0 radical (unpaired) electrons. The van der Waals surface area contributed by atoms with Crippen LogP contribution in [0.5, 0.6) is 11.6 Å². The Balaban J connectivity index is 1.48. The molecule has 27 heavy (non-hydrogen) atoms. The van der Waals surface area contributed by atoms with E-state index in [4.69, 9.17) is 4.74 Å². The van der Waals surface area contributed by atoms with Crippen LogP contribution in [0.3, 0.4) is 0 Å². The molecule has 3 aromatic heterocycles. The minimum absolute atomic E-state index is 0.503. The lowest BCUT2D eigenvalue weighted by molar-refractivity contribution is 0.462. The van der Waals surface area contributed by atoms with E-state index in [2.05, 4.69) is 50.0 Å². The Hall–Kier alpha value is -3.73. The van der Waals surface area contributed by atoms with Crippen molar-refractivity contribution in [2.24, 2.45) is 7.05 Å². The van der Waals surface area contributed by atoms with Crippen LogP contribution in [0.15, 0.2) is 79.4 Å². The quantitative estimate of drug-likeness (QED) is 0.460. The Morgan fingerprint density at radius 1 is 0.852 bits per heavy atom. The van der Waals surface area contributed by atoms with E-state index in [0.29, 0.717) is 11.6 Å². The van der Waals surface area contributed by atoms with Crippen LogP contribution < -0.4 is 4.74 Å². The SMILES string of the molecule is Cn1ccc2cc(-c3cc(Oc4ccc5cccnc5c4)ncn3)ccc21. The van der Waals surface area contributed by atoms with Gasteiger partial charge in [0.2, 0.25) is 5.88 Å².